The number of hydrogen-bond donors (Lipinski definition) is 0. The van der Waals surface area contributed by atoms with Gasteiger partial charge in [-0.1, -0.05) is 36.8 Å². The summed E-state index contributed by atoms with van der Waals surface area (Å²) in [6, 6.07) is 10.8. The first-order valence-electron chi connectivity index (χ1n) is 11.9. The summed E-state index contributed by atoms with van der Waals surface area (Å²) in [7, 11) is 4.34. The van der Waals surface area contributed by atoms with Gasteiger partial charge in [0.2, 0.25) is 0 Å². The molecule has 2 amide bonds. The quantitative estimate of drug-likeness (QED) is 0.620. The maximum atomic E-state index is 13.4. The van der Waals surface area contributed by atoms with Crippen molar-refractivity contribution in [2.45, 2.75) is 62.9 Å². The monoisotopic (exact) mass is 427 g/mol. The normalized spacial score (nSPS) is 29.0. The zero-order chi connectivity index (χ0) is 22.1. The fourth-order valence-corrected chi connectivity index (χ4v) is 5.87. The van der Waals surface area contributed by atoms with E-state index in [-0.39, 0.29) is 29.6 Å². The third kappa shape index (κ3) is 4.07. The molecule has 6 heteroatoms. The molecule has 1 saturated heterocycles. The van der Waals surface area contributed by atoms with E-state index in [1.54, 1.807) is 11.8 Å². The highest BCUT2D eigenvalue weighted by atomic mass is 16.5. The molecule has 6 nitrogen and oxygen atoms in total. The molecule has 1 spiro atoms. The van der Waals surface area contributed by atoms with Crippen LogP contribution in [0.1, 0.15) is 57.4 Å². The van der Waals surface area contributed by atoms with Crippen LogP contribution in [0.3, 0.4) is 0 Å². The minimum atomic E-state index is -0.306. The van der Waals surface area contributed by atoms with Gasteiger partial charge in [0.15, 0.2) is 0 Å². The fraction of sp³-hybridized carbons (Fsp3) is 0.680. The van der Waals surface area contributed by atoms with Gasteiger partial charge in [0.25, 0.3) is 0 Å². The van der Waals surface area contributed by atoms with Gasteiger partial charge in [-0.05, 0) is 71.0 Å². The first-order valence-corrected chi connectivity index (χ1v) is 11.9. The van der Waals surface area contributed by atoms with Crippen molar-refractivity contribution < 1.29 is 14.3 Å². The molecular weight excluding hydrogens is 390 g/mol. The third-order valence-electron chi connectivity index (χ3n) is 8.03. The highest BCUT2D eigenvalue weighted by Crippen LogP contribution is 2.49. The van der Waals surface area contributed by atoms with Crippen molar-refractivity contribution in [2.75, 3.05) is 40.3 Å². The summed E-state index contributed by atoms with van der Waals surface area (Å²) in [6.07, 6.45) is 7.61. The standard InChI is InChI=1S/C25H37N3O3/c1-4-31-22(29)18-27-19-24(28(23(27)30)17-20-9-8-10-20)13-15-25(16-14-24,26(2)3)21-11-6-5-7-12-21/h5-7,11-12,20H,4,8-10,13-19H2,1-3H3. The average molecular weight is 428 g/mol. The molecule has 31 heavy (non-hydrogen) atoms. The van der Waals surface area contributed by atoms with E-state index in [0.717, 1.165) is 32.2 Å². The number of benzene rings is 1. The van der Waals surface area contributed by atoms with Gasteiger partial charge in [-0.3, -0.25) is 9.69 Å². The molecule has 0 bridgehead atoms. The van der Waals surface area contributed by atoms with E-state index in [9.17, 15) is 9.59 Å². The number of carbonyl (C=O) groups excluding carboxylic acids is 2. The lowest BCUT2D eigenvalue weighted by Gasteiger charge is -2.51. The van der Waals surface area contributed by atoms with Crippen molar-refractivity contribution in [3.63, 3.8) is 0 Å². The average Bonchev–Trinajstić information content (AvgIpc) is 2.97. The van der Waals surface area contributed by atoms with E-state index in [1.807, 2.05) is 0 Å². The highest BCUT2D eigenvalue weighted by Gasteiger charge is 2.55. The number of hydrogen-bond acceptors (Lipinski definition) is 4. The Bertz CT molecular complexity index is 782. The number of urea groups is 1. The van der Waals surface area contributed by atoms with Crippen LogP contribution in [0.2, 0.25) is 0 Å². The lowest BCUT2D eigenvalue weighted by molar-refractivity contribution is -0.143. The molecule has 1 aromatic rings. The Morgan fingerprint density at radius 3 is 2.35 bits per heavy atom. The Morgan fingerprint density at radius 1 is 1.13 bits per heavy atom. The molecule has 0 unspecified atom stereocenters. The molecular formula is C25H37N3O3. The lowest BCUT2D eigenvalue weighted by Crippen LogP contribution is -2.56. The van der Waals surface area contributed by atoms with Crippen LogP contribution in [0, 0.1) is 5.92 Å². The molecule has 2 aliphatic carbocycles. The van der Waals surface area contributed by atoms with Gasteiger partial charge in [-0.25, -0.2) is 4.79 Å². The van der Waals surface area contributed by atoms with Crippen molar-refractivity contribution in [3.8, 4) is 0 Å². The van der Waals surface area contributed by atoms with Crippen LogP contribution < -0.4 is 0 Å². The van der Waals surface area contributed by atoms with Crippen molar-refractivity contribution >= 4 is 12.0 Å². The van der Waals surface area contributed by atoms with Gasteiger partial charge in [0.1, 0.15) is 6.54 Å². The molecule has 1 aromatic carbocycles. The van der Waals surface area contributed by atoms with Gasteiger partial charge >= 0.3 is 12.0 Å². The van der Waals surface area contributed by atoms with Gasteiger partial charge in [-0.2, -0.15) is 0 Å². The van der Waals surface area contributed by atoms with Crippen LogP contribution in [0.5, 0.6) is 0 Å². The molecule has 0 N–H and O–H groups in total. The first kappa shape index (κ1) is 22.1. The predicted octanol–water partition coefficient (Wildman–Crippen LogP) is 3.86. The SMILES string of the molecule is CCOC(=O)CN1CC2(CCC(c3ccccc3)(N(C)C)CC2)N(CC2CCC2)C1=O. The van der Waals surface area contributed by atoms with Crippen LogP contribution in [0.15, 0.2) is 30.3 Å². The Hall–Kier alpha value is -2.08. The molecule has 0 radical (unpaired) electrons. The van der Waals surface area contributed by atoms with E-state index >= 15 is 0 Å². The number of rotatable bonds is 7. The zero-order valence-electron chi connectivity index (χ0n) is 19.3. The minimum Gasteiger partial charge on any atom is -0.465 e. The molecule has 1 heterocycles. The van der Waals surface area contributed by atoms with Crippen LogP contribution in [0.4, 0.5) is 4.79 Å². The second-order valence-electron chi connectivity index (χ2n) is 9.87. The van der Waals surface area contributed by atoms with Crippen molar-refractivity contribution in [2.24, 2.45) is 5.92 Å². The summed E-state index contributed by atoms with van der Waals surface area (Å²) in [5.74, 6) is 0.303. The van der Waals surface area contributed by atoms with Crippen LogP contribution in [0.25, 0.3) is 0 Å². The Labute approximate surface area is 186 Å². The zero-order valence-corrected chi connectivity index (χ0v) is 19.3. The fourth-order valence-electron chi connectivity index (χ4n) is 5.87. The molecule has 4 rings (SSSR count). The Kier molecular flexibility index (Phi) is 6.29. The predicted molar refractivity (Wildman–Crippen MR) is 121 cm³/mol. The van der Waals surface area contributed by atoms with E-state index in [0.29, 0.717) is 19.1 Å². The summed E-state index contributed by atoms with van der Waals surface area (Å²) in [5, 5.41) is 0. The molecule has 0 aromatic heterocycles. The Balaban J connectivity index is 1.56. The third-order valence-corrected chi connectivity index (χ3v) is 8.03. The molecule has 0 atom stereocenters. The number of amides is 2. The van der Waals surface area contributed by atoms with Crippen LogP contribution in [-0.4, -0.2) is 72.6 Å². The Morgan fingerprint density at radius 2 is 1.81 bits per heavy atom. The topological polar surface area (TPSA) is 53.1 Å². The number of nitrogens with zero attached hydrogens (tertiary/aromatic N) is 3. The van der Waals surface area contributed by atoms with E-state index in [1.165, 1.54) is 24.8 Å². The molecule has 2 saturated carbocycles. The maximum absolute atomic E-state index is 13.4. The molecule has 1 aliphatic heterocycles. The van der Waals surface area contributed by atoms with Crippen LogP contribution in [-0.2, 0) is 15.1 Å². The second kappa shape index (κ2) is 8.81. The summed E-state index contributed by atoms with van der Waals surface area (Å²) in [4.78, 5) is 31.8. The van der Waals surface area contributed by atoms with E-state index in [2.05, 4.69) is 54.2 Å². The molecule has 3 aliphatic rings. The minimum absolute atomic E-state index is 0.00768. The first-order chi connectivity index (χ1) is 14.9. The number of ether oxygens (including phenoxy) is 1. The summed E-state index contributed by atoms with van der Waals surface area (Å²) >= 11 is 0. The summed E-state index contributed by atoms with van der Waals surface area (Å²) in [6.45, 7) is 3.68. The van der Waals surface area contributed by atoms with Crippen molar-refractivity contribution in [1.29, 1.82) is 0 Å². The number of carbonyl (C=O) groups is 2. The van der Waals surface area contributed by atoms with Crippen molar-refractivity contribution in [3.05, 3.63) is 35.9 Å². The van der Waals surface area contributed by atoms with Gasteiger partial charge in [-0.15, -0.1) is 0 Å². The second-order valence-corrected chi connectivity index (χ2v) is 9.87. The lowest BCUT2D eigenvalue weighted by atomic mass is 9.68. The number of esters is 1. The van der Waals surface area contributed by atoms with Gasteiger partial charge < -0.3 is 14.5 Å². The summed E-state index contributed by atoms with van der Waals surface area (Å²) in [5.41, 5.74) is 1.17. The van der Waals surface area contributed by atoms with Crippen LogP contribution >= 0.6 is 0 Å². The smallest absolute Gasteiger partial charge is 0.325 e. The van der Waals surface area contributed by atoms with Crippen molar-refractivity contribution in [1.82, 2.24) is 14.7 Å². The molecule has 170 valence electrons. The molecule has 3 fully saturated rings. The largest absolute Gasteiger partial charge is 0.465 e. The van der Waals surface area contributed by atoms with Gasteiger partial charge in [0.05, 0.1) is 12.1 Å². The summed E-state index contributed by atoms with van der Waals surface area (Å²) < 4.78 is 5.14. The van der Waals surface area contributed by atoms with E-state index in [4.69, 9.17) is 4.74 Å². The maximum Gasteiger partial charge on any atom is 0.325 e. The van der Waals surface area contributed by atoms with E-state index < -0.39 is 0 Å². The highest BCUT2D eigenvalue weighted by molar-refractivity contribution is 5.83. The van der Waals surface area contributed by atoms with Gasteiger partial charge in [0, 0.05) is 18.6 Å².